The van der Waals surface area contributed by atoms with Gasteiger partial charge in [-0.25, -0.2) is 0 Å². The normalized spacial score (nSPS) is 12.4. The number of hydrogen-bond donors (Lipinski definition) is 1. The van der Waals surface area contributed by atoms with Crippen molar-refractivity contribution in [2.75, 3.05) is 13.6 Å². The third-order valence-electron chi connectivity index (χ3n) is 3.43. The fourth-order valence-electron chi connectivity index (χ4n) is 2.20. The lowest BCUT2D eigenvalue weighted by Crippen LogP contribution is -2.18. The zero-order chi connectivity index (χ0) is 13.0. The van der Waals surface area contributed by atoms with E-state index in [0.29, 0.717) is 5.92 Å². The Morgan fingerprint density at radius 2 is 1.94 bits per heavy atom. The van der Waals surface area contributed by atoms with E-state index in [2.05, 4.69) is 48.4 Å². The largest absolute Gasteiger partial charge is 0.319 e. The van der Waals surface area contributed by atoms with E-state index >= 15 is 0 Å². The van der Waals surface area contributed by atoms with Crippen LogP contribution in [-0.2, 0) is 0 Å². The van der Waals surface area contributed by atoms with Crippen LogP contribution in [-0.4, -0.2) is 18.6 Å². The van der Waals surface area contributed by atoms with Crippen LogP contribution in [0.2, 0.25) is 0 Å². The van der Waals surface area contributed by atoms with Crippen molar-refractivity contribution in [3.63, 3.8) is 0 Å². The van der Waals surface area contributed by atoms with E-state index in [1.807, 2.05) is 25.5 Å². The fraction of sp³-hybridized carbons (Fsp3) is 0.312. The zero-order valence-electron chi connectivity index (χ0n) is 11.3. The molecule has 0 aliphatic carbocycles. The number of pyridine rings is 1. The van der Waals surface area contributed by atoms with Gasteiger partial charge in [-0.2, -0.15) is 0 Å². The first-order valence-corrected chi connectivity index (χ1v) is 6.34. The number of benzene rings is 1. The van der Waals surface area contributed by atoms with Crippen LogP contribution in [0.3, 0.4) is 0 Å². The van der Waals surface area contributed by atoms with Gasteiger partial charge >= 0.3 is 0 Å². The number of likely N-dealkylation sites (N-methyl/N-ethyl adjacent to an activating group) is 1. The van der Waals surface area contributed by atoms with Crippen molar-refractivity contribution in [1.82, 2.24) is 10.3 Å². The number of aromatic nitrogens is 1. The Hall–Kier alpha value is -1.67. The lowest BCUT2D eigenvalue weighted by Gasteiger charge is -2.18. The predicted molar refractivity (Wildman–Crippen MR) is 75.9 cm³/mol. The van der Waals surface area contributed by atoms with E-state index in [-0.39, 0.29) is 0 Å². The minimum absolute atomic E-state index is 0.364. The monoisotopic (exact) mass is 240 g/mol. The average molecular weight is 240 g/mol. The summed E-state index contributed by atoms with van der Waals surface area (Å²) in [6, 6.07) is 10.8. The second-order valence-electron chi connectivity index (χ2n) is 4.74. The molecule has 1 heterocycles. The Morgan fingerprint density at radius 3 is 2.56 bits per heavy atom. The van der Waals surface area contributed by atoms with Crippen LogP contribution >= 0.6 is 0 Å². The summed E-state index contributed by atoms with van der Waals surface area (Å²) in [4.78, 5) is 4.23. The van der Waals surface area contributed by atoms with Crippen molar-refractivity contribution < 1.29 is 0 Å². The van der Waals surface area contributed by atoms with Crippen LogP contribution in [0.4, 0.5) is 0 Å². The maximum Gasteiger partial charge on any atom is 0.0306 e. The van der Waals surface area contributed by atoms with Gasteiger partial charge in [0.15, 0.2) is 0 Å². The van der Waals surface area contributed by atoms with E-state index in [1.54, 1.807) is 0 Å². The molecule has 2 nitrogen and oxygen atoms in total. The Balaban J connectivity index is 2.38. The van der Waals surface area contributed by atoms with E-state index in [0.717, 1.165) is 6.54 Å². The zero-order valence-corrected chi connectivity index (χ0v) is 11.3. The van der Waals surface area contributed by atoms with Crippen LogP contribution < -0.4 is 5.32 Å². The highest BCUT2D eigenvalue weighted by atomic mass is 14.8. The van der Waals surface area contributed by atoms with Crippen LogP contribution in [0.1, 0.15) is 28.2 Å². The fourth-order valence-corrected chi connectivity index (χ4v) is 2.20. The molecular formula is C16H20N2. The SMILES string of the molecule is CNCC(c1cccnc1)c1ccc(C)c(C)c1. The van der Waals surface area contributed by atoms with Gasteiger partial charge in [-0.15, -0.1) is 0 Å². The minimum atomic E-state index is 0.364. The molecule has 0 fully saturated rings. The van der Waals surface area contributed by atoms with Crippen LogP contribution in [0.25, 0.3) is 0 Å². The predicted octanol–water partition coefficient (Wildman–Crippen LogP) is 3.05. The van der Waals surface area contributed by atoms with Crippen molar-refractivity contribution in [2.45, 2.75) is 19.8 Å². The van der Waals surface area contributed by atoms with Gasteiger partial charge in [0.25, 0.3) is 0 Å². The number of hydrogen-bond acceptors (Lipinski definition) is 2. The molecule has 1 unspecified atom stereocenters. The Kier molecular flexibility index (Phi) is 4.11. The van der Waals surface area contributed by atoms with Crippen LogP contribution in [0.5, 0.6) is 0 Å². The molecule has 94 valence electrons. The summed E-state index contributed by atoms with van der Waals surface area (Å²) in [5.74, 6) is 0.364. The van der Waals surface area contributed by atoms with Crippen molar-refractivity contribution in [3.8, 4) is 0 Å². The molecule has 1 aromatic heterocycles. The van der Waals surface area contributed by atoms with Gasteiger partial charge < -0.3 is 5.32 Å². The summed E-state index contributed by atoms with van der Waals surface area (Å²) in [5.41, 5.74) is 5.29. The van der Waals surface area contributed by atoms with Crippen molar-refractivity contribution >= 4 is 0 Å². The lowest BCUT2D eigenvalue weighted by atomic mass is 9.90. The number of aryl methyl sites for hydroxylation is 2. The molecule has 0 aliphatic heterocycles. The first-order chi connectivity index (χ1) is 8.72. The highest BCUT2D eigenvalue weighted by Crippen LogP contribution is 2.25. The molecule has 2 aromatic rings. The van der Waals surface area contributed by atoms with Crippen LogP contribution in [0, 0.1) is 13.8 Å². The molecule has 0 spiro atoms. The quantitative estimate of drug-likeness (QED) is 0.888. The second-order valence-corrected chi connectivity index (χ2v) is 4.74. The summed E-state index contributed by atoms with van der Waals surface area (Å²) in [7, 11) is 1.99. The third-order valence-corrected chi connectivity index (χ3v) is 3.43. The average Bonchev–Trinajstić information content (AvgIpc) is 2.40. The lowest BCUT2D eigenvalue weighted by molar-refractivity contribution is 0.705. The van der Waals surface area contributed by atoms with E-state index in [4.69, 9.17) is 0 Å². The molecule has 0 saturated heterocycles. The van der Waals surface area contributed by atoms with Crippen LogP contribution in [0.15, 0.2) is 42.7 Å². The second kappa shape index (κ2) is 5.78. The van der Waals surface area contributed by atoms with Gasteiger partial charge in [-0.05, 0) is 49.2 Å². The maximum absolute atomic E-state index is 4.23. The summed E-state index contributed by atoms with van der Waals surface area (Å²) in [5, 5.41) is 3.27. The summed E-state index contributed by atoms with van der Waals surface area (Å²) in [6.07, 6.45) is 3.78. The number of nitrogens with zero attached hydrogens (tertiary/aromatic N) is 1. The number of rotatable bonds is 4. The molecule has 2 rings (SSSR count). The van der Waals surface area contributed by atoms with Crippen molar-refractivity contribution in [1.29, 1.82) is 0 Å². The van der Waals surface area contributed by atoms with Gasteiger partial charge in [-0.3, -0.25) is 4.98 Å². The van der Waals surface area contributed by atoms with E-state index in [9.17, 15) is 0 Å². The molecule has 0 amide bonds. The minimum Gasteiger partial charge on any atom is -0.319 e. The van der Waals surface area contributed by atoms with Gasteiger partial charge in [-0.1, -0.05) is 24.3 Å². The van der Waals surface area contributed by atoms with E-state index < -0.39 is 0 Å². The molecule has 1 aromatic carbocycles. The summed E-state index contributed by atoms with van der Waals surface area (Å²) < 4.78 is 0. The molecule has 0 bridgehead atoms. The van der Waals surface area contributed by atoms with Gasteiger partial charge in [0, 0.05) is 24.9 Å². The molecule has 18 heavy (non-hydrogen) atoms. The molecule has 0 radical (unpaired) electrons. The summed E-state index contributed by atoms with van der Waals surface area (Å²) in [6.45, 7) is 5.24. The third kappa shape index (κ3) is 2.77. The van der Waals surface area contributed by atoms with Gasteiger partial charge in [0.05, 0.1) is 0 Å². The molecular weight excluding hydrogens is 220 g/mol. The van der Waals surface area contributed by atoms with Gasteiger partial charge in [0.1, 0.15) is 0 Å². The first-order valence-electron chi connectivity index (χ1n) is 6.34. The topological polar surface area (TPSA) is 24.9 Å². The maximum atomic E-state index is 4.23. The molecule has 2 heteroatoms. The van der Waals surface area contributed by atoms with Gasteiger partial charge in [0.2, 0.25) is 0 Å². The Labute approximate surface area is 109 Å². The van der Waals surface area contributed by atoms with Crippen molar-refractivity contribution in [3.05, 3.63) is 65.0 Å². The number of nitrogens with one attached hydrogen (secondary N) is 1. The molecule has 1 N–H and O–H groups in total. The highest BCUT2D eigenvalue weighted by Gasteiger charge is 2.13. The van der Waals surface area contributed by atoms with E-state index in [1.165, 1.54) is 22.3 Å². The highest BCUT2D eigenvalue weighted by molar-refractivity contribution is 5.37. The Bertz CT molecular complexity index is 506. The smallest absolute Gasteiger partial charge is 0.0306 e. The molecule has 0 aliphatic rings. The standard InChI is InChI=1S/C16H20N2/c1-12-6-7-14(9-13(12)2)16(11-17-3)15-5-4-8-18-10-15/h4-10,16-17H,11H2,1-3H3. The molecule has 1 atom stereocenters. The van der Waals surface area contributed by atoms with Crippen molar-refractivity contribution in [2.24, 2.45) is 0 Å². The first kappa shape index (κ1) is 12.8. The summed E-state index contributed by atoms with van der Waals surface area (Å²) >= 11 is 0. The molecule has 0 saturated carbocycles. The Morgan fingerprint density at radius 1 is 1.11 bits per heavy atom.